The van der Waals surface area contributed by atoms with Gasteiger partial charge < -0.3 is 11.1 Å². The molecular weight excluding hydrogens is 270 g/mol. The number of aromatic nitrogens is 1. The fraction of sp³-hybridized carbons (Fsp3) is 0.467. The van der Waals surface area contributed by atoms with Crippen molar-refractivity contribution in [2.75, 3.05) is 12.3 Å². The second kappa shape index (κ2) is 4.45. The number of fused-ring (bicyclic) bond motifs is 2. The van der Waals surface area contributed by atoms with Gasteiger partial charge in [-0.15, -0.1) is 11.3 Å². The van der Waals surface area contributed by atoms with Crippen LogP contribution in [0.25, 0.3) is 10.2 Å². The van der Waals surface area contributed by atoms with E-state index >= 15 is 0 Å². The number of nitrogens with two attached hydrogens (primary N) is 1. The normalized spacial score (nSPS) is 17.4. The van der Waals surface area contributed by atoms with Gasteiger partial charge in [0, 0.05) is 17.6 Å². The molecule has 2 aromatic heterocycles. The van der Waals surface area contributed by atoms with E-state index in [0.717, 1.165) is 29.6 Å². The van der Waals surface area contributed by atoms with Crippen molar-refractivity contribution in [1.82, 2.24) is 10.3 Å². The topological polar surface area (TPSA) is 68.0 Å². The molecule has 0 aromatic carbocycles. The van der Waals surface area contributed by atoms with Crippen LogP contribution < -0.4 is 11.1 Å². The SMILES string of the molecule is Nc1c(C(=O)NCC2CC2)sc2nc3c(cc12)CCC3. The van der Waals surface area contributed by atoms with Gasteiger partial charge in [-0.2, -0.15) is 0 Å². The summed E-state index contributed by atoms with van der Waals surface area (Å²) in [5, 5.41) is 3.93. The highest BCUT2D eigenvalue weighted by Gasteiger charge is 2.24. The van der Waals surface area contributed by atoms with Gasteiger partial charge in [0.15, 0.2) is 0 Å². The molecule has 3 N–H and O–H groups in total. The molecule has 2 aliphatic carbocycles. The van der Waals surface area contributed by atoms with Gasteiger partial charge in [-0.1, -0.05) is 0 Å². The molecule has 104 valence electrons. The van der Waals surface area contributed by atoms with Crippen molar-refractivity contribution in [1.29, 1.82) is 0 Å². The summed E-state index contributed by atoms with van der Waals surface area (Å²) < 4.78 is 0. The molecule has 0 bridgehead atoms. The summed E-state index contributed by atoms with van der Waals surface area (Å²) in [5.74, 6) is 0.633. The lowest BCUT2D eigenvalue weighted by Crippen LogP contribution is -2.25. The number of carbonyl (C=O) groups is 1. The Morgan fingerprint density at radius 2 is 2.30 bits per heavy atom. The summed E-state index contributed by atoms with van der Waals surface area (Å²) >= 11 is 1.42. The van der Waals surface area contributed by atoms with Crippen molar-refractivity contribution in [2.24, 2.45) is 5.92 Å². The minimum atomic E-state index is -0.0439. The molecule has 2 aliphatic rings. The Bertz CT molecular complexity index is 703. The van der Waals surface area contributed by atoms with Gasteiger partial charge >= 0.3 is 0 Å². The highest BCUT2D eigenvalue weighted by molar-refractivity contribution is 7.21. The van der Waals surface area contributed by atoms with E-state index in [9.17, 15) is 4.79 Å². The van der Waals surface area contributed by atoms with Crippen molar-refractivity contribution >= 4 is 33.1 Å². The molecule has 1 amide bonds. The van der Waals surface area contributed by atoms with Crippen LogP contribution in [-0.4, -0.2) is 17.4 Å². The van der Waals surface area contributed by atoms with Gasteiger partial charge in [-0.3, -0.25) is 4.79 Å². The number of nitrogen functional groups attached to an aromatic ring is 1. The summed E-state index contributed by atoms with van der Waals surface area (Å²) in [4.78, 5) is 18.4. The van der Waals surface area contributed by atoms with Crippen LogP contribution in [0.2, 0.25) is 0 Å². The zero-order valence-electron chi connectivity index (χ0n) is 11.2. The largest absolute Gasteiger partial charge is 0.397 e. The molecule has 0 unspecified atom stereocenters. The van der Waals surface area contributed by atoms with Crippen LogP contribution in [-0.2, 0) is 12.8 Å². The lowest BCUT2D eigenvalue weighted by molar-refractivity contribution is 0.0956. The number of carbonyl (C=O) groups excluding carboxylic acids is 1. The first-order chi connectivity index (χ1) is 9.72. The second-order valence-electron chi connectivity index (χ2n) is 5.80. The summed E-state index contributed by atoms with van der Waals surface area (Å²) in [6, 6.07) is 2.13. The first-order valence-corrected chi connectivity index (χ1v) is 8.03. The Balaban J connectivity index is 1.69. The smallest absolute Gasteiger partial charge is 0.263 e. The molecule has 20 heavy (non-hydrogen) atoms. The third-order valence-electron chi connectivity index (χ3n) is 4.20. The highest BCUT2D eigenvalue weighted by atomic mass is 32.1. The monoisotopic (exact) mass is 287 g/mol. The van der Waals surface area contributed by atoms with Crippen LogP contribution in [0.1, 0.15) is 40.2 Å². The molecule has 0 radical (unpaired) electrons. The summed E-state index contributed by atoms with van der Waals surface area (Å²) in [6.45, 7) is 0.774. The van der Waals surface area contributed by atoms with E-state index in [1.54, 1.807) is 0 Å². The number of nitrogens with zero attached hydrogens (tertiary/aromatic N) is 1. The fourth-order valence-electron chi connectivity index (χ4n) is 2.81. The molecule has 0 atom stereocenters. The van der Waals surface area contributed by atoms with E-state index in [-0.39, 0.29) is 5.91 Å². The van der Waals surface area contributed by atoms with Gasteiger partial charge in [-0.05, 0) is 49.7 Å². The molecule has 1 fully saturated rings. The lowest BCUT2D eigenvalue weighted by atomic mass is 10.1. The van der Waals surface area contributed by atoms with Crippen LogP contribution in [0.15, 0.2) is 6.07 Å². The summed E-state index contributed by atoms with van der Waals surface area (Å²) in [6.07, 6.45) is 5.77. The number of thiophene rings is 1. The zero-order valence-corrected chi connectivity index (χ0v) is 12.1. The third kappa shape index (κ3) is 1.97. The van der Waals surface area contributed by atoms with Crippen molar-refractivity contribution in [2.45, 2.75) is 32.1 Å². The Hall–Kier alpha value is -1.62. The average Bonchev–Trinajstić information content (AvgIpc) is 3.08. The molecule has 0 saturated heterocycles. The number of rotatable bonds is 3. The highest BCUT2D eigenvalue weighted by Crippen LogP contribution is 2.36. The first kappa shape index (κ1) is 12.1. The molecular formula is C15H17N3OS. The minimum absolute atomic E-state index is 0.0439. The number of amides is 1. The fourth-order valence-corrected chi connectivity index (χ4v) is 3.82. The van der Waals surface area contributed by atoms with E-state index < -0.39 is 0 Å². The Labute approximate surface area is 121 Å². The number of hydrogen-bond donors (Lipinski definition) is 2. The van der Waals surface area contributed by atoms with Crippen LogP contribution in [0.4, 0.5) is 5.69 Å². The Morgan fingerprint density at radius 1 is 1.45 bits per heavy atom. The molecule has 1 saturated carbocycles. The molecule has 2 heterocycles. The van der Waals surface area contributed by atoms with Crippen molar-refractivity contribution in [3.63, 3.8) is 0 Å². The summed E-state index contributed by atoms with van der Waals surface area (Å²) in [5.41, 5.74) is 9.25. The number of aryl methyl sites for hydroxylation is 2. The maximum atomic E-state index is 12.2. The van der Waals surface area contributed by atoms with E-state index in [1.807, 2.05) is 0 Å². The molecule has 4 nitrogen and oxygen atoms in total. The van der Waals surface area contributed by atoms with Crippen molar-refractivity contribution in [3.05, 3.63) is 22.2 Å². The molecule has 2 aromatic rings. The standard InChI is InChI=1S/C15H17N3OS/c16-12-10-6-9-2-1-3-11(9)18-15(10)20-13(12)14(19)17-7-8-4-5-8/h6,8H,1-5,7,16H2,(H,17,19). The predicted octanol–water partition coefficient (Wildman–Crippen LogP) is 2.51. The molecule has 0 spiro atoms. The number of nitrogens with one attached hydrogen (secondary N) is 1. The quantitative estimate of drug-likeness (QED) is 0.911. The van der Waals surface area contributed by atoms with Gasteiger partial charge in [0.05, 0.1) is 5.69 Å². The van der Waals surface area contributed by atoms with Crippen LogP contribution in [0.5, 0.6) is 0 Å². The maximum Gasteiger partial charge on any atom is 0.263 e. The lowest BCUT2D eigenvalue weighted by Gasteiger charge is -2.02. The van der Waals surface area contributed by atoms with E-state index in [1.165, 1.54) is 41.9 Å². The van der Waals surface area contributed by atoms with E-state index in [2.05, 4.69) is 16.4 Å². The average molecular weight is 287 g/mol. The van der Waals surface area contributed by atoms with Crippen LogP contribution in [0.3, 0.4) is 0 Å². The van der Waals surface area contributed by atoms with E-state index in [0.29, 0.717) is 16.5 Å². The summed E-state index contributed by atoms with van der Waals surface area (Å²) in [7, 11) is 0. The predicted molar refractivity (Wildman–Crippen MR) is 81.1 cm³/mol. The maximum absolute atomic E-state index is 12.2. The van der Waals surface area contributed by atoms with Crippen LogP contribution in [0, 0.1) is 5.92 Å². The van der Waals surface area contributed by atoms with Crippen molar-refractivity contribution in [3.8, 4) is 0 Å². The van der Waals surface area contributed by atoms with Crippen molar-refractivity contribution < 1.29 is 4.79 Å². The Morgan fingerprint density at radius 3 is 3.10 bits per heavy atom. The van der Waals surface area contributed by atoms with Gasteiger partial charge in [-0.25, -0.2) is 4.98 Å². The molecule has 4 rings (SSSR count). The zero-order chi connectivity index (χ0) is 13.7. The number of pyridine rings is 1. The van der Waals surface area contributed by atoms with Gasteiger partial charge in [0.1, 0.15) is 9.71 Å². The van der Waals surface area contributed by atoms with Gasteiger partial charge in [0.25, 0.3) is 5.91 Å². The van der Waals surface area contributed by atoms with Gasteiger partial charge in [0.2, 0.25) is 0 Å². The second-order valence-corrected chi connectivity index (χ2v) is 6.80. The third-order valence-corrected chi connectivity index (χ3v) is 5.32. The first-order valence-electron chi connectivity index (χ1n) is 7.21. The van der Waals surface area contributed by atoms with E-state index in [4.69, 9.17) is 5.73 Å². The number of hydrogen-bond acceptors (Lipinski definition) is 4. The molecule has 5 heteroatoms. The van der Waals surface area contributed by atoms with Crippen LogP contribution >= 0.6 is 11.3 Å². The Kier molecular flexibility index (Phi) is 2.70. The number of anilines is 1. The minimum Gasteiger partial charge on any atom is -0.397 e. The molecule has 0 aliphatic heterocycles.